The Labute approximate surface area is 74.2 Å². The van der Waals surface area contributed by atoms with E-state index in [4.69, 9.17) is 5.73 Å². The van der Waals surface area contributed by atoms with Gasteiger partial charge in [-0.15, -0.1) is 0 Å². The number of aromatic nitrogens is 1. The number of hydrogen-bond acceptors (Lipinski definition) is 1. The van der Waals surface area contributed by atoms with Gasteiger partial charge in [-0.2, -0.15) is 0 Å². The van der Waals surface area contributed by atoms with E-state index in [-0.39, 0.29) is 6.04 Å². The molecular formula is C10H18N2. The molecule has 0 aliphatic heterocycles. The van der Waals surface area contributed by atoms with Gasteiger partial charge in [0, 0.05) is 17.9 Å². The molecular weight excluding hydrogens is 148 g/mol. The largest absolute Gasteiger partial charge is 0.364 e. The lowest BCUT2D eigenvalue weighted by Gasteiger charge is -2.22. The molecule has 12 heavy (non-hydrogen) atoms. The highest BCUT2D eigenvalue weighted by atomic mass is 14.8. The van der Waals surface area contributed by atoms with Gasteiger partial charge in [0.25, 0.3) is 0 Å². The van der Waals surface area contributed by atoms with Crippen molar-refractivity contribution in [1.82, 2.24) is 4.98 Å². The van der Waals surface area contributed by atoms with E-state index in [0.717, 1.165) is 5.69 Å². The summed E-state index contributed by atoms with van der Waals surface area (Å²) in [5, 5.41) is 0. The second kappa shape index (κ2) is 3.76. The standard InChI is InChI=1S/C10H18N2/c1-7(2)8(3)10(11)9-5-4-6-12-9/h4-8,10,12H,11H2,1-3H3. The molecule has 0 aliphatic carbocycles. The molecule has 0 aromatic carbocycles. The average Bonchev–Trinajstić information content (AvgIpc) is 2.53. The number of nitrogens with one attached hydrogen (secondary N) is 1. The van der Waals surface area contributed by atoms with E-state index in [1.165, 1.54) is 0 Å². The summed E-state index contributed by atoms with van der Waals surface area (Å²) in [4.78, 5) is 3.15. The van der Waals surface area contributed by atoms with Crippen molar-refractivity contribution in [3.8, 4) is 0 Å². The minimum atomic E-state index is 0.139. The summed E-state index contributed by atoms with van der Waals surface area (Å²) in [6, 6.07) is 4.17. The molecule has 1 aromatic heterocycles. The Morgan fingerprint density at radius 1 is 1.33 bits per heavy atom. The third-order valence-corrected chi connectivity index (χ3v) is 2.60. The summed E-state index contributed by atoms with van der Waals surface area (Å²) in [5.74, 6) is 1.15. The zero-order chi connectivity index (χ0) is 9.14. The zero-order valence-corrected chi connectivity index (χ0v) is 8.04. The first-order valence-corrected chi connectivity index (χ1v) is 4.51. The Bertz CT molecular complexity index is 214. The van der Waals surface area contributed by atoms with Crippen LogP contribution in [0.4, 0.5) is 0 Å². The SMILES string of the molecule is CC(C)C(C)C(N)c1ccc[nH]1. The van der Waals surface area contributed by atoms with E-state index in [0.29, 0.717) is 11.8 Å². The van der Waals surface area contributed by atoms with Gasteiger partial charge in [-0.25, -0.2) is 0 Å². The Hall–Kier alpha value is -0.760. The number of hydrogen-bond donors (Lipinski definition) is 2. The summed E-state index contributed by atoms with van der Waals surface area (Å²) in [6.07, 6.45) is 1.92. The van der Waals surface area contributed by atoms with Crippen molar-refractivity contribution in [3.05, 3.63) is 24.0 Å². The third kappa shape index (κ3) is 1.89. The lowest BCUT2D eigenvalue weighted by molar-refractivity contribution is 0.348. The second-order valence-corrected chi connectivity index (χ2v) is 3.75. The fourth-order valence-electron chi connectivity index (χ4n) is 1.25. The van der Waals surface area contributed by atoms with Gasteiger partial charge in [0.2, 0.25) is 0 Å². The lowest BCUT2D eigenvalue weighted by Crippen LogP contribution is -2.23. The molecule has 0 fully saturated rings. The number of nitrogens with two attached hydrogens (primary N) is 1. The van der Waals surface area contributed by atoms with Crippen LogP contribution in [-0.4, -0.2) is 4.98 Å². The van der Waals surface area contributed by atoms with Crippen LogP contribution in [0.5, 0.6) is 0 Å². The molecule has 0 spiro atoms. The molecule has 2 nitrogen and oxygen atoms in total. The second-order valence-electron chi connectivity index (χ2n) is 3.75. The van der Waals surface area contributed by atoms with Crippen LogP contribution in [0.3, 0.4) is 0 Å². The molecule has 2 atom stereocenters. The van der Waals surface area contributed by atoms with E-state index < -0.39 is 0 Å². The molecule has 1 rings (SSSR count). The highest BCUT2D eigenvalue weighted by Gasteiger charge is 2.17. The summed E-state index contributed by atoms with van der Waals surface area (Å²) in [7, 11) is 0. The van der Waals surface area contributed by atoms with Crippen LogP contribution in [0.25, 0.3) is 0 Å². The van der Waals surface area contributed by atoms with Gasteiger partial charge < -0.3 is 10.7 Å². The first-order chi connectivity index (χ1) is 5.63. The molecule has 2 heteroatoms. The Morgan fingerprint density at radius 3 is 2.42 bits per heavy atom. The van der Waals surface area contributed by atoms with E-state index in [2.05, 4.69) is 25.8 Å². The molecule has 0 saturated heterocycles. The number of rotatable bonds is 3. The van der Waals surface area contributed by atoms with Crippen molar-refractivity contribution in [2.45, 2.75) is 26.8 Å². The van der Waals surface area contributed by atoms with Gasteiger partial charge in [-0.1, -0.05) is 20.8 Å². The van der Waals surface area contributed by atoms with E-state index in [1.807, 2.05) is 18.3 Å². The maximum Gasteiger partial charge on any atom is 0.0476 e. The Balaban J connectivity index is 2.65. The molecule has 2 unspecified atom stereocenters. The van der Waals surface area contributed by atoms with Crippen molar-refractivity contribution in [2.75, 3.05) is 0 Å². The molecule has 0 saturated carbocycles. The maximum atomic E-state index is 6.05. The molecule has 0 aliphatic rings. The monoisotopic (exact) mass is 166 g/mol. The van der Waals surface area contributed by atoms with Crippen LogP contribution in [0.2, 0.25) is 0 Å². The van der Waals surface area contributed by atoms with Gasteiger partial charge in [0.1, 0.15) is 0 Å². The predicted molar refractivity (Wildman–Crippen MR) is 51.7 cm³/mol. The van der Waals surface area contributed by atoms with E-state index in [9.17, 15) is 0 Å². The maximum absolute atomic E-state index is 6.05. The van der Waals surface area contributed by atoms with Crippen LogP contribution in [0, 0.1) is 11.8 Å². The van der Waals surface area contributed by atoms with Gasteiger partial charge >= 0.3 is 0 Å². The topological polar surface area (TPSA) is 41.8 Å². The average molecular weight is 166 g/mol. The minimum Gasteiger partial charge on any atom is -0.364 e. The zero-order valence-electron chi connectivity index (χ0n) is 8.04. The number of H-pyrrole nitrogens is 1. The van der Waals surface area contributed by atoms with Crippen LogP contribution in [-0.2, 0) is 0 Å². The van der Waals surface area contributed by atoms with Crippen molar-refractivity contribution >= 4 is 0 Å². The molecule has 0 radical (unpaired) electrons. The normalized spacial score (nSPS) is 16.4. The Kier molecular flexibility index (Phi) is 2.93. The summed E-state index contributed by atoms with van der Waals surface area (Å²) < 4.78 is 0. The summed E-state index contributed by atoms with van der Waals surface area (Å²) in [5.41, 5.74) is 7.19. The van der Waals surface area contributed by atoms with E-state index in [1.54, 1.807) is 0 Å². The third-order valence-electron chi connectivity index (χ3n) is 2.60. The van der Waals surface area contributed by atoms with Gasteiger partial charge in [-0.05, 0) is 24.0 Å². The van der Waals surface area contributed by atoms with Crippen LogP contribution in [0.15, 0.2) is 18.3 Å². The van der Waals surface area contributed by atoms with Gasteiger partial charge in [-0.3, -0.25) is 0 Å². The quantitative estimate of drug-likeness (QED) is 0.711. The summed E-state index contributed by atoms with van der Waals surface area (Å²) in [6.45, 7) is 6.59. The highest BCUT2D eigenvalue weighted by molar-refractivity contribution is 5.09. The van der Waals surface area contributed by atoms with Gasteiger partial charge in [0.15, 0.2) is 0 Å². The molecule has 0 amide bonds. The lowest BCUT2D eigenvalue weighted by atomic mass is 9.89. The minimum absolute atomic E-state index is 0.139. The van der Waals surface area contributed by atoms with Crippen LogP contribution >= 0.6 is 0 Å². The van der Waals surface area contributed by atoms with Gasteiger partial charge in [0.05, 0.1) is 0 Å². The van der Waals surface area contributed by atoms with Crippen molar-refractivity contribution in [1.29, 1.82) is 0 Å². The van der Waals surface area contributed by atoms with E-state index >= 15 is 0 Å². The molecule has 68 valence electrons. The van der Waals surface area contributed by atoms with Crippen molar-refractivity contribution in [2.24, 2.45) is 17.6 Å². The smallest absolute Gasteiger partial charge is 0.0476 e. The number of aromatic amines is 1. The predicted octanol–water partition coefficient (Wildman–Crippen LogP) is 2.31. The molecule has 0 bridgehead atoms. The Morgan fingerprint density at radius 2 is 2.00 bits per heavy atom. The first-order valence-electron chi connectivity index (χ1n) is 4.51. The highest BCUT2D eigenvalue weighted by Crippen LogP contribution is 2.23. The van der Waals surface area contributed by atoms with Crippen molar-refractivity contribution in [3.63, 3.8) is 0 Å². The molecule has 1 heterocycles. The fourth-order valence-corrected chi connectivity index (χ4v) is 1.25. The fraction of sp³-hybridized carbons (Fsp3) is 0.600. The van der Waals surface area contributed by atoms with Crippen LogP contribution in [0.1, 0.15) is 32.5 Å². The first kappa shape index (κ1) is 9.33. The van der Waals surface area contributed by atoms with Crippen molar-refractivity contribution < 1.29 is 0 Å². The molecule has 1 aromatic rings. The molecule has 3 N–H and O–H groups in total. The van der Waals surface area contributed by atoms with Crippen LogP contribution < -0.4 is 5.73 Å². The summed E-state index contributed by atoms with van der Waals surface area (Å²) >= 11 is 0.